The minimum absolute atomic E-state index is 0.170. The molecule has 2 aliphatic carbocycles. The van der Waals surface area contributed by atoms with Gasteiger partial charge in [-0.2, -0.15) is 0 Å². The van der Waals surface area contributed by atoms with Gasteiger partial charge in [-0.1, -0.05) is 123 Å². The van der Waals surface area contributed by atoms with Gasteiger partial charge in [0.25, 0.3) is 11.4 Å². The fourth-order valence-corrected chi connectivity index (χ4v) is 9.86. The molecule has 2 N–H and O–H groups in total. The Balaban J connectivity index is 0.863. The van der Waals surface area contributed by atoms with Crippen LogP contribution in [-0.2, 0) is 9.47 Å². The molecule has 6 aromatic carbocycles. The van der Waals surface area contributed by atoms with E-state index in [1.165, 1.54) is 52.7 Å². The number of nitrogens with one attached hydrogen (secondary N) is 2. The van der Waals surface area contributed by atoms with Crippen LogP contribution in [0.4, 0.5) is 21.0 Å². The molecule has 2 aliphatic rings. The van der Waals surface area contributed by atoms with Crippen LogP contribution in [0.1, 0.15) is 95.9 Å². The number of ether oxygens (including phenoxy) is 6. The van der Waals surface area contributed by atoms with E-state index in [0.29, 0.717) is 25.9 Å². The molecule has 0 heterocycles. The van der Waals surface area contributed by atoms with Crippen molar-refractivity contribution in [3.05, 3.63) is 175 Å². The van der Waals surface area contributed by atoms with Crippen LogP contribution in [-0.4, -0.2) is 63.6 Å². The fourth-order valence-electron chi connectivity index (χ4n) is 9.86. The van der Waals surface area contributed by atoms with Gasteiger partial charge in [-0.25, -0.2) is 9.59 Å². The third-order valence-corrected chi connectivity index (χ3v) is 13.1. The molecule has 0 saturated heterocycles. The molecule has 0 fully saturated rings. The van der Waals surface area contributed by atoms with E-state index in [2.05, 4.69) is 10.6 Å². The molecule has 362 valence electrons. The van der Waals surface area contributed by atoms with Crippen LogP contribution < -0.4 is 29.6 Å². The first kappa shape index (κ1) is 48.3. The first-order valence-corrected chi connectivity index (χ1v) is 23.1. The molecule has 0 aromatic heterocycles. The number of carbonyl (C=O) groups is 2. The standard InChI is InChI=1S/C54H54N4O12/c1-65-45-29-41(43(57(61)62)31-47(45)67-3)51(49-37-23-13-9-19-33(37)34-20-10-14-24-38(34)49)69-53(59)55-27-17-7-5-6-8-18-28-56-54(60)70-52(42-30-46(66-2)48(68-4)32-44(42)58(63)64)50-39-25-15-11-21-35(39)36-22-12-16-26-40(36)50/h9-16,19-26,29-32,49-52H,5-8,17-18,27-28H2,1-4H3,(H,55,59)(H,56,60). The number of nitro groups is 2. The second-order valence-corrected chi connectivity index (χ2v) is 17.0. The number of nitrogens with zero attached hydrogens (tertiary/aromatic N) is 2. The van der Waals surface area contributed by atoms with Gasteiger partial charge in [-0.15, -0.1) is 0 Å². The number of nitro benzene ring substituents is 2. The molecule has 16 heteroatoms. The fraction of sp³-hybridized carbons (Fsp3) is 0.296. The lowest BCUT2D eigenvalue weighted by molar-refractivity contribution is -0.386. The lowest BCUT2D eigenvalue weighted by Crippen LogP contribution is -2.29. The number of unbranched alkanes of at least 4 members (excludes halogenated alkanes) is 5. The number of rotatable bonds is 21. The second-order valence-electron chi connectivity index (χ2n) is 17.0. The van der Waals surface area contributed by atoms with Gasteiger partial charge in [0, 0.05) is 13.1 Å². The van der Waals surface area contributed by atoms with E-state index in [1.807, 2.05) is 97.1 Å². The molecule has 0 saturated carbocycles. The van der Waals surface area contributed by atoms with E-state index in [-0.39, 0.29) is 45.5 Å². The van der Waals surface area contributed by atoms with Crippen molar-refractivity contribution in [1.29, 1.82) is 0 Å². The summed E-state index contributed by atoms with van der Waals surface area (Å²) in [6, 6.07) is 36.7. The Bertz CT molecular complexity index is 2620. The molecule has 70 heavy (non-hydrogen) atoms. The SMILES string of the molecule is COc1cc(C(OC(=O)NCCCCCCCCNC(=O)OC(c2cc(OC)c(OC)cc2[N+](=O)[O-])C2c3ccccc3-c3ccccc32)C2c3ccccc3-c3ccccc32)c([N+](=O)[O-])cc1OC. The molecule has 2 unspecified atom stereocenters. The summed E-state index contributed by atoms with van der Waals surface area (Å²) < 4.78 is 34.3. The van der Waals surface area contributed by atoms with Crippen LogP contribution in [0, 0.1) is 20.2 Å². The maximum atomic E-state index is 13.6. The van der Waals surface area contributed by atoms with Crippen molar-refractivity contribution in [1.82, 2.24) is 10.6 Å². The third-order valence-electron chi connectivity index (χ3n) is 13.1. The molecule has 8 rings (SSSR count). The van der Waals surface area contributed by atoms with Gasteiger partial charge in [0.1, 0.15) is 12.2 Å². The Kier molecular flexibility index (Phi) is 15.1. The highest BCUT2D eigenvalue weighted by Gasteiger charge is 2.43. The monoisotopic (exact) mass is 950 g/mol. The first-order valence-electron chi connectivity index (χ1n) is 23.1. The van der Waals surface area contributed by atoms with Crippen LogP contribution in [0.25, 0.3) is 22.3 Å². The Labute approximate surface area is 405 Å². The van der Waals surface area contributed by atoms with E-state index in [4.69, 9.17) is 28.4 Å². The van der Waals surface area contributed by atoms with Crippen LogP contribution >= 0.6 is 0 Å². The van der Waals surface area contributed by atoms with Crippen molar-refractivity contribution in [2.24, 2.45) is 0 Å². The lowest BCUT2D eigenvalue weighted by Gasteiger charge is -2.26. The summed E-state index contributed by atoms with van der Waals surface area (Å²) in [4.78, 5) is 51.3. The zero-order chi connectivity index (χ0) is 49.3. The highest BCUT2D eigenvalue weighted by Crippen LogP contribution is 2.55. The van der Waals surface area contributed by atoms with Crippen LogP contribution in [0.15, 0.2) is 121 Å². The van der Waals surface area contributed by atoms with Crippen molar-refractivity contribution in [3.8, 4) is 45.3 Å². The van der Waals surface area contributed by atoms with E-state index in [9.17, 15) is 29.8 Å². The van der Waals surface area contributed by atoms with Gasteiger partial charge < -0.3 is 39.1 Å². The summed E-state index contributed by atoms with van der Waals surface area (Å²) in [7, 11) is 5.68. The molecular formula is C54H54N4O12. The maximum absolute atomic E-state index is 13.6. The summed E-state index contributed by atoms with van der Waals surface area (Å²) >= 11 is 0. The Morgan fingerprint density at radius 3 is 1.06 bits per heavy atom. The maximum Gasteiger partial charge on any atom is 0.407 e. The molecule has 16 nitrogen and oxygen atoms in total. The summed E-state index contributed by atoms with van der Waals surface area (Å²) in [6.45, 7) is 0.639. The zero-order valence-corrected chi connectivity index (χ0v) is 39.3. The summed E-state index contributed by atoms with van der Waals surface area (Å²) in [6.07, 6.45) is 1.05. The molecule has 2 amide bonds. The van der Waals surface area contributed by atoms with E-state index in [1.54, 1.807) is 0 Å². The average molecular weight is 951 g/mol. The summed E-state index contributed by atoms with van der Waals surface area (Å²) in [5.74, 6) is -0.217. The third kappa shape index (κ3) is 9.88. The van der Waals surface area contributed by atoms with E-state index < -0.39 is 46.1 Å². The summed E-state index contributed by atoms with van der Waals surface area (Å²) in [5.41, 5.74) is 7.16. The average Bonchev–Trinajstić information content (AvgIpc) is 3.89. The topological polar surface area (TPSA) is 200 Å². The van der Waals surface area contributed by atoms with Gasteiger partial charge in [0.2, 0.25) is 0 Å². The van der Waals surface area contributed by atoms with Crippen molar-refractivity contribution >= 4 is 23.6 Å². The number of amides is 2. The van der Waals surface area contributed by atoms with Crippen molar-refractivity contribution in [2.45, 2.75) is 62.6 Å². The largest absolute Gasteiger partial charge is 0.493 e. The van der Waals surface area contributed by atoms with E-state index >= 15 is 0 Å². The number of benzene rings is 6. The van der Waals surface area contributed by atoms with Gasteiger partial charge in [0.05, 0.1) is 73.4 Å². The van der Waals surface area contributed by atoms with Gasteiger partial charge in [0.15, 0.2) is 23.0 Å². The Morgan fingerprint density at radius 1 is 0.471 bits per heavy atom. The second kappa shape index (κ2) is 21.9. The number of alkyl carbamates (subject to hydrolysis) is 2. The van der Waals surface area contributed by atoms with E-state index in [0.717, 1.165) is 70.2 Å². The number of hydrogen-bond acceptors (Lipinski definition) is 12. The van der Waals surface area contributed by atoms with Crippen molar-refractivity contribution in [2.75, 3.05) is 41.5 Å². The minimum Gasteiger partial charge on any atom is -0.493 e. The van der Waals surface area contributed by atoms with Crippen LogP contribution in [0.5, 0.6) is 23.0 Å². The number of fused-ring (bicyclic) bond motifs is 6. The number of methoxy groups -OCH3 is 4. The van der Waals surface area contributed by atoms with Crippen LogP contribution in [0.2, 0.25) is 0 Å². The predicted molar refractivity (Wildman–Crippen MR) is 262 cm³/mol. The molecule has 2 atom stereocenters. The van der Waals surface area contributed by atoms with Crippen molar-refractivity contribution < 1.29 is 47.9 Å². The normalized spacial score (nSPS) is 13.1. The molecule has 6 aromatic rings. The smallest absolute Gasteiger partial charge is 0.407 e. The highest BCUT2D eigenvalue weighted by atomic mass is 16.6. The molecule has 0 bridgehead atoms. The Morgan fingerprint density at radius 2 is 0.757 bits per heavy atom. The first-order chi connectivity index (χ1) is 34.1. The van der Waals surface area contributed by atoms with Crippen molar-refractivity contribution in [3.63, 3.8) is 0 Å². The molecule has 0 radical (unpaired) electrons. The molecular weight excluding hydrogens is 897 g/mol. The number of hydrogen-bond donors (Lipinski definition) is 2. The zero-order valence-electron chi connectivity index (χ0n) is 39.3. The minimum atomic E-state index is -1.09. The van der Waals surface area contributed by atoms with Gasteiger partial charge in [-0.3, -0.25) is 20.2 Å². The number of carbonyl (C=O) groups excluding carboxylic acids is 2. The summed E-state index contributed by atoms with van der Waals surface area (Å²) in [5, 5.41) is 30.8. The van der Waals surface area contributed by atoms with Gasteiger partial charge in [-0.05, 0) is 69.5 Å². The van der Waals surface area contributed by atoms with Crippen LogP contribution in [0.3, 0.4) is 0 Å². The van der Waals surface area contributed by atoms with Gasteiger partial charge >= 0.3 is 12.2 Å². The molecule has 0 spiro atoms. The Hall–Kier alpha value is -8.14. The quantitative estimate of drug-likeness (QED) is 0.0393. The highest BCUT2D eigenvalue weighted by molar-refractivity contribution is 5.81. The molecule has 0 aliphatic heterocycles. The lowest BCUT2D eigenvalue weighted by atomic mass is 9.86. The predicted octanol–water partition coefficient (Wildman–Crippen LogP) is 11.7.